The first-order chi connectivity index (χ1) is 15.8. The van der Waals surface area contributed by atoms with Crippen molar-refractivity contribution in [3.63, 3.8) is 0 Å². The number of carbonyl (C=O) groups excluding carboxylic acids is 1. The van der Waals surface area contributed by atoms with Crippen molar-refractivity contribution in [2.24, 2.45) is 4.99 Å². The Bertz CT molecular complexity index is 1410. The molecule has 0 unspecified atom stereocenters. The Kier molecular flexibility index (Phi) is 6.56. The van der Waals surface area contributed by atoms with Gasteiger partial charge in [0, 0.05) is 31.3 Å². The number of benzene rings is 2. The highest BCUT2D eigenvalue weighted by Crippen LogP contribution is 2.37. The van der Waals surface area contributed by atoms with E-state index >= 15 is 0 Å². The van der Waals surface area contributed by atoms with E-state index in [2.05, 4.69) is 10.9 Å². The zero-order valence-electron chi connectivity index (χ0n) is 18.3. The Hall–Kier alpha value is -3.13. The molecule has 10 heteroatoms. The van der Waals surface area contributed by atoms with Crippen LogP contribution in [-0.2, 0) is 16.6 Å². The molecule has 1 aromatic heterocycles. The van der Waals surface area contributed by atoms with Gasteiger partial charge in [0.1, 0.15) is 0 Å². The fourth-order valence-corrected chi connectivity index (χ4v) is 5.64. The average Bonchev–Trinajstić information content (AvgIpc) is 3.40. The highest BCUT2D eigenvalue weighted by molar-refractivity contribution is 7.89. The normalized spacial score (nSPS) is 13.6. The summed E-state index contributed by atoms with van der Waals surface area (Å²) >= 11 is 1.31. The molecule has 0 bridgehead atoms. The zero-order valence-corrected chi connectivity index (χ0v) is 19.9. The third-order valence-corrected chi connectivity index (χ3v) is 8.17. The van der Waals surface area contributed by atoms with Crippen LogP contribution < -0.4 is 14.3 Å². The van der Waals surface area contributed by atoms with E-state index in [0.717, 1.165) is 23.1 Å². The van der Waals surface area contributed by atoms with Crippen molar-refractivity contribution in [2.45, 2.75) is 31.2 Å². The summed E-state index contributed by atoms with van der Waals surface area (Å²) in [4.78, 5) is 17.7. The van der Waals surface area contributed by atoms with Crippen molar-refractivity contribution >= 4 is 37.5 Å². The maximum Gasteiger partial charge on any atom is 0.279 e. The molecule has 172 valence electrons. The zero-order chi connectivity index (χ0) is 23.6. The van der Waals surface area contributed by atoms with Gasteiger partial charge in [-0.15, -0.1) is 6.42 Å². The Morgan fingerprint density at radius 1 is 1.24 bits per heavy atom. The van der Waals surface area contributed by atoms with Crippen LogP contribution >= 0.6 is 11.3 Å². The van der Waals surface area contributed by atoms with Gasteiger partial charge < -0.3 is 14.0 Å². The molecular weight excluding hydrogens is 462 g/mol. The Balaban J connectivity index is 1.66. The van der Waals surface area contributed by atoms with Crippen molar-refractivity contribution in [2.75, 3.05) is 20.4 Å². The predicted molar refractivity (Wildman–Crippen MR) is 126 cm³/mol. The van der Waals surface area contributed by atoms with Crippen LogP contribution in [0.4, 0.5) is 0 Å². The quantitative estimate of drug-likeness (QED) is 0.480. The maximum absolute atomic E-state index is 12.9. The minimum absolute atomic E-state index is 0.136. The summed E-state index contributed by atoms with van der Waals surface area (Å²) in [7, 11) is -2.05. The smallest absolute Gasteiger partial charge is 0.279 e. The second-order valence-electron chi connectivity index (χ2n) is 7.47. The predicted octanol–water partition coefficient (Wildman–Crippen LogP) is 3.23. The fraction of sp³-hybridized carbons (Fsp3) is 0.304. The van der Waals surface area contributed by atoms with Gasteiger partial charge in [-0.25, -0.2) is 12.7 Å². The number of aromatic nitrogens is 1. The highest BCUT2D eigenvalue weighted by atomic mass is 32.2. The number of hydrogen-bond donors (Lipinski definition) is 0. The van der Waals surface area contributed by atoms with Gasteiger partial charge in [-0.2, -0.15) is 4.99 Å². The lowest BCUT2D eigenvalue weighted by Gasteiger charge is -2.16. The van der Waals surface area contributed by atoms with E-state index in [1.165, 1.54) is 39.9 Å². The van der Waals surface area contributed by atoms with Crippen LogP contribution in [-0.4, -0.2) is 43.6 Å². The summed E-state index contributed by atoms with van der Waals surface area (Å²) in [6.07, 6.45) is 7.21. The van der Waals surface area contributed by atoms with Crippen LogP contribution in [0.2, 0.25) is 0 Å². The molecule has 0 radical (unpaired) electrons. The van der Waals surface area contributed by atoms with Gasteiger partial charge in [-0.1, -0.05) is 30.6 Å². The number of terminal acetylenes is 1. The molecule has 1 aliphatic rings. The second kappa shape index (κ2) is 9.39. The van der Waals surface area contributed by atoms with Gasteiger partial charge in [0.25, 0.3) is 5.91 Å². The van der Waals surface area contributed by atoms with Gasteiger partial charge in [0.2, 0.25) is 16.8 Å². The van der Waals surface area contributed by atoms with Gasteiger partial charge >= 0.3 is 0 Å². The van der Waals surface area contributed by atoms with Gasteiger partial charge in [0.15, 0.2) is 16.3 Å². The molecular formula is C23H23N3O5S2. The van der Waals surface area contributed by atoms with Crippen LogP contribution in [0.15, 0.2) is 46.3 Å². The standard InChI is InChI=1S/C23H23N3O5S2/c1-4-6-12-25(3)33(28,29)17-9-7-16(8-10-17)22(27)24-23-26(11-5-2)18-13-19-20(31-15-30-19)14-21(18)32-23/h2,7-10,13-14H,4,6,11-12,15H2,1,3H3. The number of sulfonamides is 1. The molecule has 1 aliphatic heterocycles. The van der Waals surface area contributed by atoms with Crippen molar-refractivity contribution in [1.82, 2.24) is 8.87 Å². The Labute approximate surface area is 196 Å². The fourth-order valence-electron chi connectivity index (χ4n) is 3.39. The lowest BCUT2D eigenvalue weighted by atomic mass is 10.2. The van der Waals surface area contributed by atoms with E-state index in [9.17, 15) is 13.2 Å². The minimum atomic E-state index is -3.61. The molecule has 0 aliphatic carbocycles. The van der Waals surface area contributed by atoms with E-state index in [-0.39, 0.29) is 23.8 Å². The molecule has 33 heavy (non-hydrogen) atoms. The van der Waals surface area contributed by atoms with Crippen LogP contribution in [0.5, 0.6) is 11.5 Å². The van der Waals surface area contributed by atoms with Crippen LogP contribution in [0, 0.1) is 12.3 Å². The number of rotatable bonds is 7. The summed E-state index contributed by atoms with van der Waals surface area (Å²) in [5, 5.41) is 0. The molecule has 8 nitrogen and oxygen atoms in total. The van der Waals surface area contributed by atoms with Gasteiger partial charge in [-0.05, 0) is 30.7 Å². The van der Waals surface area contributed by atoms with E-state index in [4.69, 9.17) is 15.9 Å². The van der Waals surface area contributed by atoms with E-state index in [1.54, 1.807) is 11.6 Å². The topological polar surface area (TPSA) is 90.2 Å². The number of ether oxygens (including phenoxy) is 2. The number of amides is 1. The van der Waals surface area contributed by atoms with Crippen molar-refractivity contribution in [1.29, 1.82) is 0 Å². The molecule has 0 atom stereocenters. The van der Waals surface area contributed by atoms with Crippen molar-refractivity contribution in [3.05, 3.63) is 46.8 Å². The third kappa shape index (κ3) is 4.53. The van der Waals surface area contributed by atoms with Crippen molar-refractivity contribution < 1.29 is 22.7 Å². The van der Waals surface area contributed by atoms with E-state index in [1.807, 2.05) is 19.1 Å². The first kappa shape index (κ1) is 23.0. The lowest BCUT2D eigenvalue weighted by molar-refractivity contribution is 0.0997. The number of nitrogens with zero attached hydrogens (tertiary/aromatic N) is 3. The third-order valence-electron chi connectivity index (χ3n) is 5.26. The average molecular weight is 486 g/mol. The molecule has 3 aromatic rings. The number of hydrogen-bond acceptors (Lipinski definition) is 6. The Morgan fingerprint density at radius 3 is 2.61 bits per heavy atom. The maximum atomic E-state index is 12.9. The summed E-state index contributed by atoms with van der Waals surface area (Å²) < 4.78 is 40.2. The first-order valence-electron chi connectivity index (χ1n) is 10.4. The number of unbranched alkanes of at least 4 members (excludes halogenated alkanes) is 1. The van der Waals surface area contributed by atoms with Gasteiger partial charge in [0.05, 0.1) is 21.7 Å². The Morgan fingerprint density at radius 2 is 1.94 bits per heavy atom. The van der Waals surface area contributed by atoms with E-state index < -0.39 is 15.9 Å². The summed E-state index contributed by atoms with van der Waals surface area (Å²) in [6.45, 7) is 2.84. The van der Waals surface area contributed by atoms with Crippen molar-refractivity contribution in [3.8, 4) is 23.8 Å². The molecule has 2 aromatic carbocycles. The summed E-state index contributed by atoms with van der Waals surface area (Å²) in [5.41, 5.74) is 1.08. The molecule has 1 amide bonds. The van der Waals surface area contributed by atoms with Crippen LogP contribution in [0.25, 0.3) is 10.2 Å². The first-order valence-corrected chi connectivity index (χ1v) is 12.6. The summed E-state index contributed by atoms with van der Waals surface area (Å²) in [5.74, 6) is 3.35. The van der Waals surface area contributed by atoms with E-state index in [0.29, 0.717) is 22.8 Å². The lowest BCUT2D eigenvalue weighted by Crippen LogP contribution is -2.27. The van der Waals surface area contributed by atoms with Gasteiger partial charge in [-0.3, -0.25) is 4.79 Å². The highest BCUT2D eigenvalue weighted by Gasteiger charge is 2.21. The number of thiazole rings is 1. The molecule has 2 heterocycles. The molecule has 0 spiro atoms. The van der Waals surface area contributed by atoms with Crippen LogP contribution in [0.3, 0.4) is 0 Å². The number of fused-ring (bicyclic) bond motifs is 2. The number of carbonyl (C=O) groups is 1. The molecule has 0 saturated carbocycles. The SMILES string of the molecule is C#CCn1c(=NC(=O)c2ccc(S(=O)(=O)N(C)CCCC)cc2)sc2cc3c(cc21)OCO3. The second-order valence-corrected chi connectivity index (χ2v) is 10.5. The molecule has 0 fully saturated rings. The van der Waals surface area contributed by atoms with Crippen LogP contribution in [0.1, 0.15) is 30.1 Å². The monoisotopic (exact) mass is 485 g/mol. The minimum Gasteiger partial charge on any atom is -0.454 e. The molecule has 4 rings (SSSR count). The molecule has 0 saturated heterocycles. The largest absolute Gasteiger partial charge is 0.454 e. The summed E-state index contributed by atoms with van der Waals surface area (Å²) in [6, 6.07) is 9.47. The molecule has 0 N–H and O–H groups in total.